The molecule has 0 atom stereocenters. The third kappa shape index (κ3) is 2.64. The first-order chi connectivity index (χ1) is 10.4. The van der Waals surface area contributed by atoms with Gasteiger partial charge in [-0.1, -0.05) is 12.1 Å². The van der Waals surface area contributed by atoms with Crippen molar-refractivity contribution in [2.24, 2.45) is 7.05 Å². The Morgan fingerprint density at radius 1 is 1.18 bits per heavy atom. The molecule has 0 radical (unpaired) electrons. The van der Waals surface area contributed by atoms with Gasteiger partial charge < -0.3 is 5.32 Å². The van der Waals surface area contributed by atoms with Gasteiger partial charge in [0.2, 0.25) is 0 Å². The maximum atomic E-state index is 13.0. The Balaban J connectivity index is 2.08. The minimum atomic E-state index is -4.48. The Morgan fingerprint density at radius 2 is 1.86 bits per heavy atom. The van der Waals surface area contributed by atoms with Crippen LogP contribution in [0.1, 0.15) is 22.5 Å². The van der Waals surface area contributed by atoms with E-state index >= 15 is 0 Å². The van der Waals surface area contributed by atoms with Crippen molar-refractivity contribution in [2.45, 2.75) is 12.7 Å². The summed E-state index contributed by atoms with van der Waals surface area (Å²) in [5.74, 6) is -0.357. The van der Waals surface area contributed by atoms with E-state index in [0.717, 1.165) is 5.56 Å². The number of alkyl halides is 3. The molecule has 2 aromatic rings. The lowest BCUT2D eigenvalue weighted by atomic mass is 9.99. The predicted molar refractivity (Wildman–Crippen MR) is 74.2 cm³/mol. The van der Waals surface area contributed by atoms with Crippen LogP contribution in [-0.4, -0.2) is 16.3 Å². The van der Waals surface area contributed by atoms with Gasteiger partial charge in [0, 0.05) is 25.7 Å². The van der Waals surface area contributed by atoms with E-state index in [1.165, 1.54) is 23.9 Å². The van der Waals surface area contributed by atoms with Crippen molar-refractivity contribution in [1.29, 1.82) is 0 Å². The second-order valence-electron chi connectivity index (χ2n) is 5.12. The third-order valence-electron chi connectivity index (χ3n) is 3.55. The minimum absolute atomic E-state index is 0.124. The summed E-state index contributed by atoms with van der Waals surface area (Å²) in [6, 6.07) is 5.79. The van der Waals surface area contributed by atoms with Crippen molar-refractivity contribution in [3.05, 3.63) is 52.6 Å². The monoisotopic (exact) mass is 311 g/mol. The Bertz CT molecular complexity index is 726. The van der Waals surface area contributed by atoms with Crippen LogP contribution in [0.25, 0.3) is 11.6 Å². The molecule has 0 saturated carbocycles. The molecule has 3 nitrogen and oxygen atoms in total. The van der Waals surface area contributed by atoms with Gasteiger partial charge in [0.25, 0.3) is 0 Å². The van der Waals surface area contributed by atoms with Gasteiger partial charge >= 0.3 is 6.18 Å². The van der Waals surface area contributed by atoms with Gasteiger partial charge in [-0.05, 0) is 29.3 Å². The average Bonchev–Trinajstić information content (AvgIpc) is 2.80. The van der Waals surface area contributed by atoms with E-state index in [0.29, 0.717) is 17.8 Å². The number of aromatic nitrogens is 2. The largest absolute Gasteiger partial charge is 0.435 e. The normalized spacial score (nSPS) is 16.9. The second kappa shape index (κ2) is 5.24. The summed E-state index contributed by atoms with van der Waals surface area (Å²) in [5.41, 5.74) is 1.17. The summed E-state index contributed by atoms with van der Waals surface area (Å²) in [6.07, 6.45) is -2.74. The number of nitrogens with zero attached hydrogens (tertiary/aromatic N) is 2. The number of nitrogens with one attached hydrogen (secondary N) is 1. The van der Waals surface area contributed by atoms with Crippen molar-refractivity contribution in [3.63, 3.8) is 0 Å². The molecule has 1 aliphatic rings. The minimum Gasteiger partial charge on any atom is -0.308 e. The first kappa shape index (κ1) is 14.8. The predicted octanol–water partition coefficient (Wildman–Crippen LogP) is 3.22. The van der Waals surface area contributed by atoms with Crippen LogP contribution in [-0.2, 0) is 19.8 Å². The average molecular weight is 311 g/mol. The van der Waals surface area contributed by atoms with Crippen LogP contribution < -0.4 is 5.32 Å². The van der Waals surface area contributed by atoms with E-state index in [2.05, 4.69) is 10.4 Å². The molecule has 7 heteroatoms. The van der Waals surface area contributed by atoms with Crippen LogP contribution in [0.4, 0.5) is 17.6 Å². The molecule has 1 aromatic heterocycles. The topological polar surface area (TPSA) is 29.9 Å². The van der Waals surface area contributed by atoms with Gasteiger partial charge in [0.05, 0.1) is 5.69 Å². The first-order valence-corrected chi connectivity index (χ1v) is 6.66. The van der Waals surface area contributed by atoms with E-state index in [1.54, 1.807) is 18.2 Å². The lowest BCUT2D eigenvalue weighted by Crippen LogP contribution is -2.25. The van der Waals surface area contributed by atoms with Crippen molar-refractivity contribution < 1.29 is 17.6 Å². The second-order valence-corrected chi connectivity index (χ2v) is 5.12. The fourth-order valence-electron chi connectivity index (χ4n) is 2.65. The molecule has 0 bridgehead atoms. The van der Waals surface area contributed by atoms with Crippen LogP contribution in [0, 0.1) is 5.82 Å². The van der Waals surface area contributed by atoms with E-state index in [4.69, 9.17) is 0 Å². The molecule has 0 unspecified atom stereocenters. The zero-order valence-electron chi connectivity index (χ0n) is 11.7. The van der Waals surface area contributed by atoms with Crippen molar-refractivity contribution in [1.82, 2.24) is 15.1 Å². The van der Waals surface area contributed by atoms with Gasteiger partial charge in [-0.3, -0.25) is 4.68 Å². The quantitative estimate of drug-likeness (QED) is 0.820. The summed E-state index contributed by atoms with van der Waals surface area (Å²) >= 11 is 0. The van der Waals surface area contributed by atoms with E-state index in [-0.39, 0.29) is 17.9 Å². The molecule has 0 amide bonds. The molecular formula is C15H13F4N3. The number of hydrogen-bond donors (Lipinski definition) is 1. The van der Waals surface area contributed by atoms with Crippen LogP contribution in [0.2, 0.25) is 0 Å². The van der Waals surface area contributed by atoms with Gasteiger partial charge in [-0.2, -0.15) is 18.3 Å². The molecular weight excluding hydrogens is 298 g/mol. The molecule has 2 heterocycles. The lowest BCUT2D eigenvalue weighted by molar-refractivity contribution is -0.142. The molecule has 1 aliphatic heterocycles. The Hall–Kier alpha value is -2.15. The Kier molecular flexibility index (Phi) is 3.52. The van der Waals surface area contributed by atoms with Crippen molar-refractivity contribution in [3.8, 4) is 0 Å². The number of halogens is 4. The zero-order chi connectivity index (χ0) is 15.9. The van der Waals surface area contributed by atoms with E-state index in [1.807, 2.05) is 0 Å². The molecule has 0 saturated heterocycles. The summed E-state index contributed by atoms with van der Waals surface area (Å²) in [6.45, 7) is 0.556. The van der Waals surface area contributed by atoms with E-state index in [9.17, 15) is 17.6 Å². The highest BCUT2D eigenvalue weighted by molar-refractivity contribution is 5.83. The molecule has 3 rings (SSSR count). The fraction of sp³-hybridized carbons (Fsp3) is 0.267. The number of rotatable bonds is 1. The number of benzene rings is 1. The standard InChI is InChI=1S/C15H13F4N3/c1-22-13-10(6-9-2-4-11(16)5-3-9)7-20-8-12(13)14(21-22)15(17,18)19/h2-6,20H,7-8H2,1H3/b10-6-. The molecule has 0 fully saturated rings. The van der Waals surface area contributed by atoms with Crippen LogP contribution in [0.15, 0.2) is 24.3 Å². The SMILES string of the molecule is Cn1nc(C(F)(F)F)c2c1/C(=C\c1ccc(F)cc1)CNC2. The maximum absolute atomic E-state index is 13.0. The third-order valence-corrected chi connectivity index (χ3v) is 3.55. The zero-order valence-corrected chi connectivity index (χ0v) is 11.7. The first-order valence-electron chi connectivity index (χ1n) is 6.66. The maximum Gasteiger partial charge on any atom is 0.435 e. The van der Waals surface area contributed by atoms with Gasteiger partial charge in [-0.25, -0.2) is 4.39 Å². The molecule has 1 N–H and O–H groups in total. The molecule has 1 aromatic carbocycles. The van der Waals surface area contributed by atoms with E-state index < -0.39 is 11.9 Å². The van der Waals surface area contributed by atoms with Crippen molar-refractivity contribution in [2.75, 3.05) is 6.54 Å². The van der Waals surface area contributed by atoms with Crippen molar-refractivity contribution >= 4 is 11.6 Å². The molecule has 116 valence electrons. The lowest BCUT2D eigenvalue weighted by Gasteiger charge is -2.19. The van der Waals surface area contributed by atoms with Gasteiger partial charge in [0.1, 0.15) is 5.82 Å². The number of fused-ring (bicyclic) bond motifs is 1. The molecule has 22 heavy (non-hydrogen) atoms. The van der Waals surface area contributed by atoms with Crippen LogP contribution in [0.3, 0.4) is 0 Å². The number of aryl methyl sites for hydroxylation is 1. The summed E-state index contributed by atoms with van der Waals surface area (Å²) < 4.78 is 53.3. The summed E-state index contributed by atoms with van der Waals surface area (Å²) in [4.78, 5) is 0. The highest BCUT2D eigenvalue weighted by Crippen LogP contribution is 2.36. The Labute approximate surface area is 124 Å². The molecule has 0 spiro atoms. The van der Waals surface area contributed by atoms with Crippen LogP contribution in [0.5, 0.6) is 0 Å². The van der Waals surface area contributed by atoms with Gasteiger partial charge in [-0.15, -0.1) is 0 Å². The fourth-order valence-corrected chi connectivity index (χ4v) is 2.65. The molecule has 0 aliphatic carbocycles. The smallest absolute Gasteiger partial charge is 0.308 e. The highest BCUT2D eigenvalue weighted by atomic mass is 19.4. The van der Waals surface area contributed by atoms with Crippen LogP contribution >= 0.6 is 0 Å². The Morgan fingerprint density at radius 3 is 2.50 bits per heavy atom. The highest BCUT2D eigenvalue weighted by Gasteiger charge is 2.39. The van der Waals surface area contributed by atoms with Gasteiger partial charge in [0.15, 0.2) is 5.69 Å². The number of hydrogen-bond acceptors (Lipinski definition) is 2. The summed E-state index contributed by atoms with van der Waals surface area (Å²) in [5, 5.41) is 6.57. The summed E-state index contributed by atoms with van der Waals surface area (Å²) in [7, 11) is 1.50.